The molecule has 0 heterocycles. The van der Waals surface area contributed by atoms with E-state index < -0.39 is 5.97 Å². The number of carboxylic acid groups (broad SMARTS) is 1. The van der Waals surface area contributed by atoms with Crippen LogP contribution in [0.25, 0.3) is 0 Å². The molecule has 0 aliphatic rings. The van der Waals surface area contributed by atoms with E-state index in [4.69, 9.17) is 14.6 Å². The summed E-state index contributed by atoms with van der Waals surface area (Å²) < 4.78 is 13.3. The molecule has 0 fully saturated rings. The van der Waals surface area contributed by atoms with E-state index in [0.717, 1.165) is 41.6 Å². The van der Waals surface area contributed by atoms with E-state index in [2.05, 4.69) is 68.7 Å². The minimum Gasteiger partial charge on any atom is -0.487 e. The van der Waals surface area contributed by atoms with Gasteiger partial charge in [0, 0.05) is 0 Å². The van der Waals surface area contributed by atoms with E-state index in [1.807, 2.05) is 31.2 Å². The fraction of sp³-hybridized carbons (Fsp3) is 0.192. The molecule has 0 unspecified atom stereocenters. The number of benzene rings is 3. The van der Waals surface area contributed by atoms with Gasteiger partial charge in [0.15, 0.2) is 6.61 Å². The zero-order valence-electron chi connectivity index (χ0n) is 19.2. The highest BCUT2D eigenvalue weighted by Gasteiger charge is 2.10. The molecule has 0 saturated carbocycles. The van der Waals surface area contributed by atoms with Gasteiger partial charge >= 0.3 is 5.97 Å². The summed E-state index contributed by atoms with van der Waals surface area (Å²) in [6.07, 6.45) is 2.47. The fourth-order valence-electron chi connectivity index (χ4n) is 3.16. The molecule has 0 aromatic heterocycles. The number of carbonyl (C=O) groups excluding carboxylic acids is 1. The lowest BCUT2D eigenvalue weighted by Crippen LogP contribution is -2.24. The van der Waals surface area contributed by atoms with Crippen LogP contribution in [-0.2, 0) is 17.8 Å². The van der Waals surface area contributed by atoms with Crippen LogP contribution in [0.15, 0.2) is 59.7 Å². The number of nitrogens with zero attached hydrogens (tertiary/aromatic N) is 1. The van der Waals surface area contributed by atoms with Crippen molar-refractivity contribution in [2.45, 2.75) is 26.9 Å². The molecule has 0 radical (unpaired) electrons. The summed E-state index contributed by atoms with van der Waals surface area (Å²) in [5.74, 6) is 0.0876. The van der Waals surface area contributed by atoms with E-state index in [1.54, 1.807) is 30.5 Å². The van der Waals surface area contributed by atoms with E-state index >= 15 is 0 Å². The maximum Gasteiger partial charge on any atom is 0.335 e. The zero-order chi connectivity index (χ0) is 25.4. The Morgan fingerprint density at radius 2 is 1.69 bits per heavy atom. The highest BCUT2D eigenvalue weighted by molar-refractivity contribution is 14.1. The molecular weight excluding hydrogens is 674 g/mol. The Morgan fingerprint density at radius 1 is 1.00 bits per heavy atom. The lowest BCUT2D eigenvalue weighted by molar-refractivity contribution is -0.123. The summed E-state index contributed by atoms with van der Waals surface area (Å²) >= 11 is 4.37. The lowest BCUT2D eigenvalue weighted by Gasteiger charge is -2.11. The summed E-state index contributed by atoms with van der Waals surface area (Å²) in [6, 6.07) is 16.3. The topological polar surface area (TPSA) is 97.2 Å². The van der Waals surface area contributed by atoms with Crippen molar-refractivity contribution < 1.29 is 24.2 Å². The Bertz CT molecular complexity index is 1220. The van der Waals surface area contributed by atoms with Gasteiger partial charge in [-0.25, -0.2) is 10.2 Å². The van der Waals surface area contributed by atoms with Crippen molar-refractivity contribution in [2.24, 2.45) is 5.10 Å². The summed E-state index contributed by atoms with van der Waals surface area (Å²) in [4.78, 5) is 23.1. The van der Waals surface area contributed by atoms with Crippen molar-refractivity contribution in [3.63, 3.8) is 0 Å². The first-order valence-corrected chi connectivity index (χ1v) is 12.9. The first-order chi connectivity index (χ1) is 16.7. The van der Waals surface area contributed by atoms with Crippen LogP contribution in [0.5, 0.6) is 11.5 Å². The Balaban J connectivity index is 1.53. The van der Waals surface area contributed by atoms with Gasteiger partial charge in [0.2, 0.25) is 0 Å². The molecule has 0 saturated heterocycles. The van der Waals surface area contributed by atoms with Crippen LogP contribution in [0.3, 0.4) is 0 Å². The molecule has 0 bridgehead atoms. The Labute approximate surface area is 231 Å². The number of hydrazone groups is 1. The fourth-order valence-corrected chi connectivity index (χ4v) is 5.29. The number of hydrogen-bond acceptors (Lipinski definition) is 5. The largest absolute Gasteiger partial charge is 0.487 e. The average Bonchev–Trinajstić information content (AvgIpc) is 2.82. The van der Waals surface area contributed by atoms with Gasteiger partial charge in [0.25, 0.3) is 5.91 Å². The third-order valence-electron chi connectivity index (χ3n) is 4.90. The van der Waals surface area contributed by atoms with Crippen molar-refractivity contribution in [3.05, 3.63) is 89.6 Å². The molecule has 35 heavy (non-hydrogen) atoms. The lowest BCUT2D eigenvalue weighted by atomic mass is 10.1. The molecule has 2 N–H and O–H groups in total. The average molecular weight is 698 g/mol. The Hall–Kier alpha value is -2.67. The summed E-state index contributed by atoms with van der Waals surface area (Å²) in [7, 11) is 0. The number of rotatable bonds is 10. The van der Waals surface area contributed by atoms with Gasteiger partial charge in [-0.2, -0.15) is 5.10 Å². The summed E-state index contributed by atoms with van der Waals surface area (Å²) in [5.41, 5.74) is 6.65. The second-order valence-electron chi connectivity index (χ2n) is 7.69. The molecule has 0 spiro atoms. The monoisotopic (exact) mass is 698 g/mol. The van der Waals surface area contributed by atoms with Gasteiger partial charge in [-0.3, -0.25) is 4.79 Å². The number of carboxylic acids is 1. The van der Waals surface area contributed by atoms with Crippen molar-refractivity contribution >= 4 is 63.3 Å². The molecule has 182 valence electrons. The summed E-state index contributed by atoms with van der Waals surface area (Å²) in [5, 5.41) is 13.0. The van der Waals surface area contributed by atoms with E-state index in [0.29, 0.717) is 12.4 Å². The van der Waals surface area contributed by atoms with Gasteiger partial charge < -0.3 is 14.6 Å². The molecule has 3 rings (SSSR count). The van der Waals surface area contributed by atoms with Crippen LogP contribution in [0, 0.1) is 14.1 Å². The number of nitrogens with one attached hydrogen (secondary N) is 1. The van der Waals surface area contributed by atoms with Gasteiger partial charge in [0.1, 0.15) is 18.1 Å². The maximum atomic E-state index is 12.1. The van der Waals surface area contributed by atoms with Crippen LogP contribution in [0.1, 0.15) is 39.5 Å². The second kappa shape index (κ2) is 12.9. The smallest absolute Gasteiger partial charge is 0.335 e. The number of ether oxygens (including phenoxy) is 2. The molecular formula is C26H24I2N2O5. The second-order valence-corrected chi connectivity index (χ2v) is 10.0. The van der Waals surface area contributed by atoms with Crippen molar-refractivity contribution in [3.8, 4) is 11.5 Å². The minimum absolute atomic E-state index is 0.126. The highest BCUT2D eigenvalue weighted by Crippen LogP contribution is 2.29. The quantitative estimate of drug-likeness (QED) is 0.164. The van der Waals surface area contributed by atoms with E-state index in [9.17, 15) is 9.59 Å². The number of aryl methyl sites for hydroxylation is 2. The Morgan fingerprint density at radius 3 is 2.31 bits per heavy atom. The van der Waals surface area contributed by atoms with Crippen LogP contribution in [0.4, 0.5) is 0 Å². The predicted molar refractivity (Wildman–Crippen MR) is 151 cm³/mol. The standard InChI is InChI=1S/C26H24I2N2O5/c1-3-17-8-16(2)9-21(10-17)34-15-24(31)30-29-13-19-11-22(27)25(23(28)12-19)35-14-18-4-6-20(7-5-18)26(32)33/h4-13H,3,14-15H2,1-2H3,(H,30,31)(H,32,33)/b29-13+. The van der Waals surface area contributed by atoms with Crippen LogP contribution in [-0.4, -0.2) is 29.8 Å². The number of carbonyl (C=O) groups is 2. The first kappa shape index (κ1) is 26.9. The number of hydrogen-bond donors (Lipinski definition) is 2. The van der Waals surface area contributed by atoms with E-state index in [1.165, 1.54) is 0 Å². The summed E-state index contributed by atoms with van der Waals surface area (Å²) in [6.45, 7) is 4.26. The predicted octanol–water partition coefficient (Wildman–Crippen LogP) is 5.57. The van der Waals surface area contributed by atoms with E-state index in [-0.39, 0.29) is 18.1 Å². The highest BCUT2D eigenvalue weighted by atomic mass is 127. The van der Waals surface area contributed by atoms with Crippen LogP contribution >= 0.6 is 45.2 Å². The SMILES string of the molecule is CCc1cc(C)cc(OCC(=O)N/N=C/c2cc(I)c(OCc3ccc(C(=O)O)cc3)c(I)c2)c1. The molecule has 3 aromatic carbocycles. The minimum atomic E-state index is -0.959. The third-order valence-corrected chi connectivity index (χ3v) is 6.50. The Kier molecular flexibility index (Phi) is 9.90. The maximum absolute atomic E-state index is 12.1. The molecule has 3 aromatic rings. The molecule has 1 amide bonds. The van der Waals surface area contributed by atoms with Crippen LogP contribution in [0.2, 0.25) is 0 Å². The van der Waals surface area contributed by atoms with Crippen molar-refractivity contribution in [1.29, 1.82) is 0 Å². The number of amides is 1. The van der Waals surface area contributed by atoms with Crippen molar-refractivity contribution in [2.75, 3.05) is 6.61 Å². The number of halogens is 2. The van der Waals surface area contributed by atoms with Gasteiger partial charge in [-0.1, -0.05) is 25.1 Å². The molecule has 7 nitrogen and oxygen atoms in total. The molecule has 0 aliphatic heterocycles. The van der Waals surface area contributed by atoms with Crippen molar-refractivity contribution in [1.82, 2.24) is 5.43 Å². The zero-order valence-corrected chi connectivity index (χ0v) is 23.5. The molecule has 9 heteroatoms. The third kappa shape index (κ3) is 8.20. The van der Waals surface area contributed by atoms with Gasteiger partial charge in [-0.15, -0.1) is 0 Å². The first-order valence-electron chi connectivity index (χ1n) is 10.7. The normalized spacial score (nSPS) is 10.9. The number of aromatic carboxylic acids is 1. The van der Waals surface area contributed by atoms with Gasteiger partial charge in [0.05, 0.1) is 18.9 Å². The molecule has 0 aliphatic carbocycles. The molecule has 0 atom stereocenters. The van der Waals surface area contributed by atoms with Crippen LogP contribution < -0.4 is 14.9 Å². The van der Waals surface area contributed by atoms with Gasteiger partial charge in [-0.05, 0) is 117 Å².